The third kappa shape index (κ3) is 5.68. The number of nitro benzene ring substituents is 1. The fourth-order valence-electron chi connectivity index (χ4n) is 3.02. The molecule has 0 aliphatic rings. The zero-order valence-corrected chi connectivity index (χ0v) is 17.5. The van der Waals surface area contributed by atoms with Crippen molar-refractivity contribution in [2.45, 2.75) is 32.4 Å². The van der Waals surface area contributed by atoms with Gasteiger partial charge in [0, 0.05) is 25.2 Å². The molecule has 0 bridgehead atoms. The van der Waals surface area contributed by atoms with Gasteiger partial charge in [-0.2, -0.15) is 0 Å². The fourth-order valence-corrected chi connectivity index (χ4v) is 3.34. The molecule has 9 heteroatoms. The molecule has 2 rings (SSSR count). The van der Waals surface area contributed by atoms with Crippen molar-refractivity contribution in [3.63, 3.8) is 0 Å². The van der Waals surface area contributed by atoms with Crippen LogP contribution in [0.15, 0.2) is 42.5 Å². The number of rotatable bonds is 8. The molecule has 2 aromatic carbocycles. The number of hydrogen-bond acceptors (Lipinski definition) is 4. The first-order chi connectivity index (χ1) is 13.8. The van der Waals surface area contributed by atoms with Crippen molar-refractivity contribution < 1.29 is 14.5 Å². The zero-order chi connectivity index (χ0) is 21.6. The van der Waals surface area contributed by atoms with E-state index >= 15 is 0 Å². The molecule has 0 aliphatic heterocycles. The Bertz CT molecular complexity index is 920. The summed E-state index contributed by atoms with van der Waals surface area (Å²) in [6.45, 7) is 1.91. The first kappa shape index (κ1) is 22.6. The van der Waals surface area contributed by atoms with Crippen molar-refractivity contribution in [3.8, 4) is 0 Å². The number of amides is 2. The Morgan fingerprint density at radius 2 is 1.86 bits per heavy atom. The van der Waals surface area contributed by atoms with Crippen molar-refractivity contribution in [1.82, 2.24) is 10.2 Å². The molecule has 0 spiro atoms. The minimum absolute atomic E-state index is 0.113. The monoisotopic (exact) mass is 437 g/mol. The van der Waals surface area contributed by atoms with E-state index in [1.54, 1.807) is 37.3 Å². The quantitative estimate of drug-likeness (QED) is 0.498. The van der Waals surface area contributed by atoms with Gasteiger partial charge in [0.2, 0.25) is 11.8 Å². The lowest BCUT2D eigenvalue weighted by Crippen LogP contribution is -2.48. The van der Waals surface area contributed by atoms with Crippen LogP contribution in [-0.4, -0.2) is 34.7 Å². The lowest BCUT2D eigenvalue weighted by atomic mass is 10.1. The second-order valence-electron chi connectivity index (χ2n) is 6.37. The van der Waals surface area contributed by atoms with E-state index in [-0.39, 0.29) is 30.1 Å². The molecule has 2 aromatic rings. The second kappa shape index (κ2) is 10.2. The minimum atomic E-state index is -0.732. The molecule has 2 amide bonds. The number of nitrogens with zero attached hydrogens (tertiary/aromatic N) is 2. The summed E-state index contributed by atoms with van der Waals surface area (Å²) in [7, 11) is 1.49. The largest absolute Gasteiger partial charge is 0.357 e. The molecular formula is C20H21Cl2N3O4. The van der Waals surface area contributed by atoms with Gasteiger partial charge in [0.05, 0.1) is 21.4 Å². The van der Waals surface area contributed by atoms with Gasteiger partial charge in [-0.1, -0.05) is 54.4 Å². The topological polar surface area (TPSA) is 92.6 Å². The van der Waals surface area contributed by atoms with Crippen molar-refractivity contribution >= 4 is 40.7 Å². The predicted octanol–water partition coefficient (Wildman–Crippen LogP) is 4.00. The van der Waals surface area contributed by atoms with E-state index in [1.165, 1.54) is 24.1 Å². The maximum atomic E-state index is 13.1. The molecule has 0 unspecified atom stereocenters. The predicted molar refractivity (Wildman–Crippen MR) is 112 cm³/mol. The summed E-state index contributed by atoms with van der Waals surface area (Å²) >= 11 is 12.0. The zero-order valence-electron chi connectivity index (χ0n) is 16.0. The van der Waals surface area contributed by atoms with E-state index < -0.39 is 16.9 Å². The van der Waals surface area contributed by atoms with Gasteiger partial charge in [0.1, 0.15) is 6.04 Å². The van der Waals surface area contributed by atoms with Crippen LogP contribution in [0.2, 0.25) is 10.0 Å². The Morgan fingerprint density at radius 1 is 1.17 bits per heavy atom. The lowest BCUT2D eigenvalue weighted by Gasteiger charge is -2.30. The summed E-state index contributed by atoms with van der Waals surface area (Å²) in [5.41, 5.74) is 0.842. The molecule has 1 N–H and O–H groups in total. The van der Waals surface area contributed by atoms with Crippen molar-refractivity contribution in [3.05, 3.63) is 73.8 Å². The first-order valence-corrected chi connectivity index (χ1v) is 9.71. The standard InChI is InChI=1S/C20H21Cl2N3O4/c1-3-17(20(27)23-2)24(12-13-8-9-15(21)16(22)10-13)19(26)11-14-6-4-5-7-18(14)25(28)29/h4-10,17H,3,11-12H2,1-2H3,(H,23,27)/t17-/m1/s1. The van der Waals surface area contributed by atoms with E-state index in [0.717, 1.165) is 0 Å². The average molecular weight is 438 g/mol. The van der Waals surface area contributed by atoms with Gasteiger partial charge >= 0.3 is 0 Å². The molecule has 0 aliphatic carbocycles. The Balaban J connectivity index is 2.38. The van der Waals surface area contributed by atoms with E-state index in [1.807, 2.05) is 0 Å². The highest BCUT2D eigenvalue weighted by Crippen LogP contribution is 2.25. The summed E-state index contributed by atoms with van der Waals surface area (Å²) in [6, 6.07) is 10.3. The third-order valence-corrected chi connectivity index (χ3v) is 5.24. The van der Waals surface area contributed by atoms with Gasteiger partial charge in [0.25, 0.3) is 5.69 Å². The lowest BCUT2D eigenvalue weighted by molar-refractivity contribution is -0.385. The van der Waals surface area contributed by atoms with Crippen LogP contribution in [0.4, 0.5) is 5.69 Å². The molecular weight excluding hydrogens is 417 g/mol. The fraction of sp³-hybridized carbons (Fsp3) is 0.300. The first-order valence-electron chi connectivity index (χ1n) is 8.95. The van der Waals surface area contributed by atoms with Crippen LogP contribution in [0.3, 0.4) is 0 Å². The SMILES string of the molecule is CC[C@H](C(=O)NC)N(Cc1ccc(Cl)c(Cl)c1)C(=O)Cc1ccccc1[N+](=O)[O-]. The van der Waals surface area contributed by atoms with Crippen LogP contribution in [0, 0.1) is 10.1 Å². The van der Waals surface area contributed by atoms with Crippen molar-refractivity contribution in [1.29, 1.82) is 0 Å². The van der Waals surface area contributed by atoms with E-state index in [9.17, 15) is 19.7 Å². The molecule has 0 saturated carbocycles. The molecule has 0 fully saturated rings. The van der Waals surface area contributed by atoms with Crippen LogP contribution < -0.4 is 5.32 Å². The van der Waals surface area contributed by atoms with Gasteiger partial charge in [-0.25, -0.2) is 0 Å². The molecule has 0 heterocycles. The van der Waals surface area contributed by atoms with Crippen LogP contribution in [-0.2, 0) is 22.6 Å². The number of para-hydroxylation sites is 1. The molecule has 29 heavy (non-hydrogen) atoms. The molecule has 1 atom stereocenters. The normalized spacial score (nSPS) is 11.6. The van der Waals surface area contributed by atoms with Crippen LogP contribution in [0.5, 0.6) is 0 Å². The van der Waals surface area contributed by atoms with Gasteiger partial charge in [-0.3, -0.25) is 19.7 Å². The molecule has 0 aromatic heterocycles. The summed E-state index contributed by atoms with van der Waals surface area (Å²) < 4.78 is 0. The Kier molecular flexibility index (Phi) is 7.99. The van der Waals surface area contributed by atoms with Gasteiger partial charge in [-0.15, -0.1) is 0 Å². The maximum Gasteiger partial charge on any atom is 0.273 e. The van der Waals surface area contributed by atoms with Crippen LogP contribution >= 0.6 is 23.2 Å². The average Bonchev–Trinajstić information content (AvgIpc) is 2.70. The highest BCUT2D eigenvalue weighted by atomic mass is 35.5. The van der Waals surface area contributed by atoms with Crippen LogP contribution in [0.25, 0.3) is 0 Å². The summed E-state index contributed by atoms with van der Waals surface area (Å²) in [4.78, 5) is 37.6. The van der Waals surface area contributed by atoms with E-state index in [4.69, 9.17) is 23.2 Å². The number of hydrogen-bond donors (Lipinski definition) is 1. The maximum absolute atomic E-state index is 13.1. The van der Waals surface area contributed by atoms with Crippen molar-refractivity contribution in [2.24, 2.45) is 0 Å². The Morgan fingerprint density at radius 3 is 2.45 bits per heavy atom. The summed E-state index contributed by atoms with van der Waals surface area (Å²) in [5, 5.41) is 14.5. The molecule has 0 radical (unpaired) electrons. The van der Waals surface area contributed by atoms with Crippen molar-refractivity contribution in [2.75, 3.05) is 7.05 Å². The molecule has 154 valence electrons. The number of halogens is 2. The summed E-state index contributed by atoms with van der Waals surface area (Å²) in [6.07, 6.45) is 0.176. The van der Waals surface area contributed by atoms with Gasteiger partial charge in [-0.05, 0) is 24.1 Å². The van der Waals surface area contributed by atoms with E-state index in [0.29, 0.717) is 22.0 Å². The highest BCUT2D eigenvalue weighted by molar-refractivity contribution is 6.42. The number of carbonyl (C=O) groups excluding carboxylic acids is 2. The van der Waals surface area contributed by atoms with Gasteiger partial charge < -0.3 is 10.2 Å². The van der Waals surface area contributed by atoms with E-state index in [2.05, 4.69) is 5.32 Å². The number of nitrogens with one attached hydrogen (secondary N) is 1. The highest BCUT2D eigenvalue weighted by Gasteiger charge is 2.29. The number of carbonyl (C=O) groups is 2. The number of benzene rings is 2. The van der Waals surface area contributed by atoms with Crippen LogP contribution in [0.1, 0.15) is 24.5 Å². The third-order valence-electron chi connectivity index (χ3n) is 4.50. The van der Waals surface area contributed by atoms with Gasteiger partial charge in [0.15, 0.2) is 0 Å². The Hall–Kier alpha value is -2.64. The number of likely N-dealkylation sites (N-methyl/N-ethyl adjacent to an activating group) is 1. The Labute approximate surface area is 178 Å². The second-order valence-corrected chi connectivity index (χ2v) is 7.19. The minimum Gasteiger partial charge on any atom is -0.357 e. The summed E-state index contributed by atoms with van der Waals surface area (Å²) in [5.74, 6) is -0.718. The molecule has 0 saturated heterocycles. The molecule has 7 nitrogen and oxygen atoms in total. The smallest absolute Gasteiger partial charge is 0.273 e. The number of nitro groups is 1.